The second-order valence-electron chi connectivity index (χ2n) is 6.35. The van der Waals surface area contributed by atoms with Crippen molar-refractivity contribution in [3.8, 4) is 0 Å². The van der Waals surface area contributed by atoms with Crippen LogP contribution in [0, 0.1) is 5.82 Å². The van der Waals surface area contributed by atoms with E-state index < -0.39 is 35.6 Å². The summed E-state index contributed by atoms with van der Waals surface area (Å²) in [4.78, 5) is 36.0. The summed E-state index contributed by atoms with van der Waals surface area (Å²) in [6.45, 7) is 1.27. The highest BCUT2D eigenvalue weighted by atomic mass is 35.5. The van der Waals surface area contributed by atoms with Crippen molar-refractivity contribution in [1.29, 1.82) is 0 Å². The van der Waals surface area contributed by atoms with Gasteiger partial charge in [0.15, 0.2) is 0 Å². The zero-order valence-electron chi connectivity index (χ0n) is 15.2. The molecule has 0 spiro atoms. The van der Waals surface area contributed by atoms with E-state index in [1.165, 1.54) is 25.1 Å². The predicted octanol–water partition coefficient (Wildman–Crippen LogP) is 1.74. The Morgan fingerprint density at radius 3 is 2.36 bits per heavy atom. The maximum absolute atomic E-state index is 13.4. The third-order valence-corrected chi connectivity index (χ3v) is 4.43. The Balaban J connectivity index is 2.15. The van der Waals surface area contributed by atoms with Gasteiger partial charge in [0.2, 0.25) is 17.7 Å². The van der Waals surface area contributed by atoms with E-state index in [0.717, 1.165) is 0 Å². The van der Waals surface area contributed by atoms with Crippen molar-refractivity contribution in [2.24, 2.45) is 5.73 Å². The van der Waals surface area contributed by atoms with Crippen LogP contribution in [0.15, 0.2) is 48.5 Å². The van der Waals surface area contributed by atoms with Gasteiger partial charge < -0.3 is 16.4 Å². The molecule has 8 heteroatoms. The molecule has 3 amide bonds. The Morgan fingerprint density at radius 1 is 1.04 bits per heavy atom. The number of nitrogens with two attached hydrogens (primary N) is 1. The summed E-state index contributed by atoms with van der Waals surface area (Å²) in [5.74, 6) is -2.22. The van der Waals surface area contributed by atoms with Gasteiger partial charge >= 0.3 is 0 Å². The van der Waals surface area contributed by atoms with Crippen LogP contribution in [-0.4, -0.2) is 29.8 Å². The number of primary amides is 1. The van der Waals surface area contributed by atoms with Crippen LogP contribution in [0.25, 0.3) is 0 Å². The van der Waals surface area contributed by atoms with Gasteiger partial charge in [-0.15, -0.1) is 0 Å². The lowest BCUT2D eigenvalue weighted by atomic mass is 10.0. The van der Waals surface area contributed by atoms with E-state index in [9.17, 15) is 18.8 Å². The Hall–Kier alpha value is -2.93. The van der Waals surface area contributed by atoms with Gasteiger partial charge in [0.05, 0.1) is 0 Å². The number of carbonyl (C=O) groups is 3. The first-order valence-electron chi connectivity index (χ1n) is 8.61. The molecule has 0 unspecified atom stereocenters. The molecule has 2 atom stereocenters. The first-order valence-corrected chi connectivity index (χ1v) is 8.98. The van der Waals surface area contributed by atoms with Crippen molar-refractivity contribution in [1.82, 2.24) is 10.6 Å². The number of nitrogens with one attached hydrogen (secondary N) is 2. The van der Waals surface area contributed by atoms with Gasteiger partial charge in [-0.2, -0.15) is 0 Å². The van der Waals surface area contributed by atoms with E-state index in [2.05, 4.69) is 10.6 Å². The van der Waals surface area contributed by atoms with Crippen LogP contribution < -0.4 is 16.4 Å². The molecular formula is C20H21ClFN3O3. The van der Waals surface area contributed by atoms with Gasteiger partial charge in [0.1, 0.15) is 17.9 Å². The van der Waals surface area contributed by atoms with Crippen LogP contribution in [0.3, 0.4) is 0 Å². The fourth-order valence-electron chi connectivity index (χ4n) is 2.73. The quantitative estimate of drug-likeness (QED) is 0.623. The molecule has 0 fully saturated rings. The molecule has 0 heterocycles. The van der Waals surface area contributed by atoms with E-state index in [4.69, 9.17) is 17.3 Å². The lowest BCUT2D eigenvalue weighted by Crippen LogP contribution is -2.54. The van der Waals surface area contributed by atoms with Crippen LogP contribution in [0.5, 0.6) is 0 Å². The molecule has 2 aromatic rings. The van der Waals surface area contributed by atoms with Gasteiger partial charge in [0, 0.05) is 24.8 Å². The zero-order valence-corrected chi connectivity index (χ0v) is 16.0. The van der Waals surface area contributed by atoms with Crippen molar-refractivity contribution in [2.75, 3.05) is 0 Å². The lowest BCUT2D eigenvalue weighted by molar-refractivity contribution is -0.130. The standard InChI is InChI=1S/C20H21ClFN3O3/c1-12(26)24-18(10-13-5-4-7-15(22)9-13)20(28)25-17(19(23)27)11-14-6-2-3-8-16(14)21/h2-9,17-18H,10-11H2,1H3,(H2,23,27)(H,24,26)(H,25,28)/t17-,18+/m1/s1. The fraction of sp³-hybridized carbons (Fsp3) is 0.250. The number of hydrogen-bond acceptors (Lipinski definition) is 3. The molecule has 0 saturated carbocycles. The van der Waals surface area contributed by atoms with E-state index in [1.54, 1.807) is 30.3 Å². The minimum atomic E-state index is -1.02. The highest BCUT2D eigenvalue weighted by Crippen LogP contribution is 2.17. The maximum atomic E-state index is 13.4. The Kier molecular flexibility index (Phi) is 7.52. The Morgan fingerprint density at radius 2 is 1.75 bits per heavy atom. The van der Waals surface area contributed by atoms with Gasteiger partial charge in [0.25, 0.3) is 0 Å². The van der Waals surface area contributed by atoms with Crippen molar-refractivity contribution in [3.63, 3.8) is 0 Å². The average molecular weight is 406 g/mol. The summed E-state index contributed by atoms with van der Waals surface area (Å²) >= 11 is 6.11. The van der Waals surface area contributed by atoms with Crippen LogP contribution in [-0.2, 0) is 27.2 Å². The molecule has 2 aromatic carbocycles. The number of halogens is 2. The van der Waals surface area contributed by atoms with Gasteiger partial charge in [-0.1, -0.05) is 41.9 Å². The second-order valence-corrected chi connectivity index (χ2v) is 6.75. The first-order chi connectivity index (χ1) is 13.3. The largest absolute Gasteiger partial charge is 0.368 e. The number of carbonyl (C=O) groups excluding carboxylic acids is 3. The van der Waals surface area contributed by atoms with Gasteiger partial charge in [-0.25, -0.2) is 4.39 Å². The smallest absolute Gasteiger partial charge is 0.243 e. The highest BCUT2D eigenvalue weighted by molar-refractivity contribution is 6.31. The third kappa shape index (κ3) is 6.35. The molecular weight excluding hydrogens is 385 g/mol. The van der Waals surface area contributed by atoms with E-state index >= 15 is 0 Å². The molecule has 0 bridgehead atoms. The Bertz CT molecular complexity index is 875. The van der Waals surface area contributed by atoms with E-state index in [0.29, 0.717) is 16.1 Å². The summed E-state index contributed by atoms with van der Waals surface area (Å²) in [5, 5.41) is 5.51. The SMILES string of the molecule is CC(=O)N[C@@H](Cc1cccc(F)c1)C(=O)N[C@H](Cc1ccccc1Cl)C(N)=O. The third-order valence-electron chi connectivity index (χ3n) is 4.06. The van der Waals surface area contributed by atoms with Crippen molar-refractivity contribution >= 4 is 29.3 Å². The summed E-state index contributed by atoms with van der Waals surface area (Å²) in [5.41, 5.74) is 6.59. The minimum Gasteiger partial charge on any atom is -0.368 e. The molecule has 0 aliphatic carbocycles. The summed E-state index contributed by atoms with van der Waals surface area (Å²) in [6, 6.07) is 10.6. The van der Waals surface area contributed by atoms with Crippen LogP contribution in [0.1, 0.15) is 18.1 Å². The monoisotopic (exact) mass is 405 g/mol. The molecule has 0 aliphatic heterocycles. The molecule has 2 rings (SSSR count). The van der Waals surface area contributed by atoms with E-state index in [-0.39, 0.29) is 12.8 Å². The predicted molar refractivity (Wildman–Crippen MR) is 104 cm³/mol. The molecule has 0 saturated heterocycles. The molecule has 28 heavy (non-hydrogen) atoms. The van der Waals surface area contributed by atoms with Crippen LogP contribution in [0.2, 0.25) is 5.02 Å². The fourth-order valence-corrected chi connectivity index (χ4v) is 2.95. The topological polar surface area (TPSA) is 101 Å². The number of hydrogen-bond donors (Lipinski definition) is 3. The van der Waals surface area contributed by atoms with E-state index in [1.807, 2.05) is 0 Å². The Labute approximate surface area is 167 Å². The summed E-state index contributed by atoms with van der Waals surface area (Å²) < 4.78 is 13.4. The molecule has 148 valence electrons. The van der Waals surface area contributed by atoms with Crippen molar-refractivity contribution in [2.45, 2.75) is 31.8 Å². The molecule has 0 radical (unpaired) electrons. The molecule has 0 aliphatic rings. The minimum absolute atomic E-state index is 0.0563. The van der Waals surface area contributed by atoms with Crippen molar-refractivity contribution in [3.05, 3.63) is 70.5 Å². The number of rotatable bonds is 8. The average Bonchev–Trinajstić information content (AvgIpc) is 2.61. The van der Waals surface area contributed by atoms with Crippen LogP contribution >= 0.6 is 11.6 Å². The molecule has 0 aromatic heterocycles. The summed E-state index contributed by atoms with van der Waals surface area (Å²) in [6.07, 6.45) is 0.161. The number of benzene rings is 2. The lowest BCUT2D eigenvalue weighted by Gasteiger charge is -2.22. The summed E-state index contributed by atoms with van der Waals surface area (Å²) in [7, 11) is 0. The maximum Gasteiger partial charge on any atom is 0.243 e. The van der Waals surface area contributed by atoms with Crippen molar-refractivity contribution < 1.29 is 18.8 Å². The molecule has 6 nitrogen and oxygen atoms in total. The molecule has 4 N–H and O–H groups in total. The highest BCUT2D eigenvalue weighted by Gasteiger charge is 2.26. The first kappa shape index (κ1) is 21.4. The number of amides is 3. The zero-order chi connectivity index (χ0) is 20.7. The second kappa shape index (κ2) is 9.85. The van der Waals surface area contributed by atoms with Gasteiger partial charge in [-0.05, 0) is 29.3 Å². The van der Waals surface area contributed by atoms with Gasteiger partial charge in [-0.3, -0.25) is 14.4 Å². The normalized spacial score (nSPS) is 12.7. The van der Waals surface area contributed by atoms with Crippen LogP contribution in [0.4, 0.5) is 4.39 Å².